The molecule has 1 atom stereocenters. The fourth-order valence-electron chi connectivity index (χ4n) is 5.92. The van der Waals surface area contributed by atoms with Gasteiger partial charge in [0.15, 0.2) is 0 Å². The summed E-state index contributed by atoms with van der Waals surface area (Å²) < 4.78 is 0. The Morgan fingerprint density at radius 3 is 2.29 bits per heavy atom. The first-order valence-electron chi connectivity index (χ1n) is 9.75. The van der Waals surface area contributed by atoms with Crippen molar-refractivity contribution in [2.24, 2.45) is 17.8 Å². The van der Waals surface area contributed by atoms with Gasteiger partial charge in [-0.1, -0.05) is 32.0 Å². The second-order valence-corrected chi connectivity index (χ2v) is 8.67. The number of benzene rings is 1. The van der Waals surface area contributed by atoms with Gasteiger partial charge in [0, 0.05) is 11.2 Å². The Kier molecular flexibility index (Phi) is 4.06. The topological polar surface area (TPSA) is 41.1 Å². The first-order valence-corrected chi connectivity index (χ1v) is 9.75. The summed E-state index contributed by atoms with van der Waals surface area (Å²) >= 11 is 0. The van der Waals surface area contributed by atoms with Crippen molar-refractivity contribution in [3.8, 4) is 0 Å². The molecule has 0 spiro atoms. The van der Waals surface area contributed by atoms with Crippen LogP contribution < -0.4 is 10.6 Å². The lowest BCUT2D eigenvalue weighted by molar-refractivity contribution is -0.0127. The Bertz CT molecular complexity index is 589. The molecule has 2 N–H and O–H groups in total. The monoisotopic (exact) mass is 326 g/mol. The minimum atomic E-state index is -0.00676. The lowest BCUT2D eigenvalue weighted by atomic mass is 9.53. The Labute approximate surface area is 145 Å². The number of rotatable bonds is 4. The number of amides is 2. The maximum absolute atomic E-state index is 12.7. The van der Waals surface area contributed by atoms with E-state index in [1.807, 2.05) is 12.1 Å². The van der Waals surface area contributed by atoms with E-state index in [1.165, 1.54) is 44.1 Å². The molecular formula is C21H30N2O. The number of anilines is 1. The third-order valence-corrected chi connectivity index (χ3v) is 6.77. The lowest BCUT2D eigenvalue weighted by Crippen LogP contribution is -2.60. The molecule has 1 aromatic carbocycles. The maximum atomic E-state index is 12.7. The summed E-state index contributed by atoms with van der Waals surface area (Å²) in [6, 6.07) is 8.22. The predicted octanol–water partition coefficient (Wildman–Crippen LogP) is 5.29. The molecule has 2 amide bonds. The van der Waals surface area contributed by atoms with Gasteiger partial charge in [0.1, 0.15) is 0 Å². The van der Waals surface area contributed by atoms with Gasteiger partial charge in [-0.25, -0.2) is 4.79 Å². The smallest absolute Gasteiger partial charge is 0.319 e. The summed E-state index contributed by atoms with van der Waals surface area (Å²) in [7, 11) is 0. The van der Waals surface area contributed by atoms with Gasteiger partial charge in [0.05, 0.1) is 0 Å². The van der Waals surface area contributed by atoms with Gasteiger partial charge >= 0.3 is 6.03 Å². The normalized spacial score (nSPS) is 34.8. The van der Waals surface area contributed by atoms with Gasteiger partial charge in [0.25, 0.3) is 0 Å². The average molecular weight is 326 g/mol. The van der Waals surface area contributed by atoms with E-state index in [-0.39, 0.29) is 11.6 Å². The first kappa shape index (κ1) is 16.0. The predicted molar refractivity (Wildman–Crippen MR) is 98.2 cm³/mol. The minimum absolute atomic E-state index is 0.00676. The van der Waals surface area contributed by atoms with Gasteiger partial charge in [-0.3, -0.25) is 0 Å². The number of carbonyl (C=O) groups is 1. The van der Waals surface area contributed by atoms with Crippen molar-refractivity contribution in [3.05, 3.63) is 29.8 Å². The Hall–Kier alpha value is -1.51. The molecular weight excluding hydrogens is 296 g/mol. The summed E-state index contributed by atoms with van der Waals surface area (Å²) in [6.07, 6.45) is 8.87. The third kappa shape index (κ3) is 2.94. The number of nitrogens with one attached hydrogen (secondary N) is 2. The standard InChI is InChI=1S/C21H30N2O/c1-3-14(2)18-6-4-5-7-19(18)22-20(24)23-21-11-15-8-16(12-21)10-17(9-15)13-21/h4-7,14-17H,3,8-13H2,1-2H3,(H2,22,23,24). The molecule has 3 nitrogen and oxygen atoms in total. The van der Waals surface area contributed by atoms with E-state index < -0.39 is 0 Å². The molecule has 130 valence electrons. The van der Waals surface area contributed by atoms with Gasteiger partial charge in [-0.05, 0) is 80.2 Å². The molecule has 24 heavy (non-hydrogen) atoms. The lowest BCUT2D eigenvalue weighted by Gasteiger charge is -2.56. The number of hydrogen-bond acceptors (Lipinski definition) is 1. The van der Waals surface area contributed by atoms with E-state index >= 15 is 0 Å². The molecule has 0 saturated heterocycles. The molecule has 3 heteroatoms. The van der Waals surface area contributed by atoms with Crippen LogP contribution in [0.2, 0.25) is 0 Å². The van der Waals surface area contributed by atoms with Crippen LogP contribution in [-0.4, -0.2) is 11.6 Å². The molecule has 4 bridgehead atoms. The molecule has 0 heterocycles. The van der Waals surface area contributed by atoms with Gasteiger partial charge in [0.2, 0.25) is 0 Å². The average Bonchev–Trinajstić information content (AvgIpc) is 2.52. The Morgan fingerprint density at radius 1 is 1.12 bits per heavy atom. The molecule has 4 aliphatic rings. The summed E-state index contributed by atoms with van der Waals surface area (Å²) in [4.78, 5) is 12.7. The largest absolute Gasteiger partial charge is 0.332 e. The van der Waals surface area contributed by atoms with Crippen molar-refractivity contribution in [2.75, 3.05) is 5.32 Å². The second kappa shape index (κ2) is 6.09. The van der Waals surface area contributed by atoms with Crippen molar-refractivity contribution in [2.45, 2.75) is 70.3 Å². The van der Waals surface area contributed by atoms with E-state index in [9.17, 15) is 4.79 Å². The fourth-order valence-corrected chi connectivity index (χ4v) is 5.92. The van der Waals surface area contributed by atoms with Crippen LogP contribution in [0.1, 0.15) is 70.3 Å². The van der Waals surface area contributed by atoms with Crippen LogP contribution in [0.4, 0.5) is 10.5 Å². The van der Waals surface area contributed by atoms with Crippen LogP contribution in [-0.2, 0) is 0 Å². The van der Waals surface area contributed by atoms with E-state index in [2.05, 4.69) is 36.6 Å². The number of carbonyl (C=O) groups excluding carboxylic acids is 1. The summed E-state index contributed by atoms with van der Waals surface area (Å²) in [5.41, 5.74) is 2.28. The SMILES string of the molecule is CCC(C)c1ccccc1NC(=O)NC12CC3CC(CC(C3)C1)C2. The van der Waals surface area contributed by atoms with Crippen LogP contribution in [0.15, 0.2) is 24.3 Å². The number of hydrogen-bond donors (Lipinski definition) is 2. The quantitative estimate of drug-likeness (QED) is 0.775. The van der Waals surface area contributed by atoms with Crippen molar-refractivity contribution >= 4 is 11.7 Å². The highest BCUT2D eigenvalue weighted by molar-refractivity contribution is 5.90. The van der Waals surface area contributed by atoms with Crippen molar-refractivity contribution in [3.63, 3.8) is 0 Å². The molecule has 4 aliphatic carbocycles. The van der Waals surface area contributed by atoms with E-state index in [0.717, 1.165) is 29.9 Å². The highest BCUT2D eigenvalue weighted by Gasteiger charge is 2.51. The Morgan fingerprint density at radius 2 is 1.71 bits per heavy atom. The van der Waals surface area contributed by atoms with Gasteiger partial charge in [-0.2, -0.15) is 0 Å². The van der Waals surface area contributed by atoms with Crippen molar-refractivity contribution in [1.29, 1.82) is 0 Å². The molecule has 0 aromatic heterocycles. The molecule has 0 aliphatic heterocycles. The summed E-state index contributed by atoms with van der Waals surface area (Å²) in [5.74, 6) is 3.01. The highest BCUT2D eigenvalue weighted by Crippen LogP contribution is 2.55. The molecule has 4 saturated carbocycles. The zero-order valence-electron chi connectivity index (χ0n) is 15.0. The zero-order valence-corrected chi connectivity index (χ0v) is 15.0. The van der Waals surface area contributed by atoms with E-state index in [4.69, 9.17) is 0 Å². The summed E-state index contributed by atoms with van der Waals surface area (Å²) in [6.45, 7) is 4.41. The van der Waals surface area contributed by atoms with Crippen LogP contribution in [0, 0.1) is 17.8 Å². The van der Waals surface area contributed by atoms with Gasteiger partial charge < -0.3 is 10.6 Å². The Balaban J connectivity index is 1.46. The zero-order chi connectivity index (χ0) is 16.7. The molecule has 1 aromatic rings. The van der Waals surface area contributed by atoms with E-state index in [0.29, 0.717) is 5.92 Å². The fraction of sp³-hybridized carbons (Fsp3) is 0.667. The first-order chi connectivity index (χ1) is 11.6. The molecule has 4 fully saturated rings. The third-order valence-electron chi connectivity index (χ3n) is 6.77. The van der Waals surface area contributed by atoms with Crippen molar-refractivity contribution < 1.29 is 4.79 Å². The van der Waals surface area contributed by atoms with Crippen LogP contribution in [0.25, 0.3) is 0 Å². The second-order valence-electron chi connectivity index (χ2n) is 8.67. The van der Waals surface area contributed by atoms with Crippen LogP contribution >= 0.6 is 0 Å². The van der Waals surface area contributed by atoms with Crippen LogP contribution in [0.3, 0.4) is 0 Å². The van der Waals surface area contributed by atoms with Gasteiger partial charge in [-0.15, -0.1) is 0 Å². The maximum Gasteiger partial charge on any atom is 0.319 e. The van der Waals surface area contributed by atoms with E-state index in [1.54, 1.807) is 0 Å². The molecule has 5 rings (SSSR count). The highest BCUT2D eigenvalue weighted by atomic mass is 16.2. The molecule has 1 unspecified atom stereocenters. The van der Waals surface area contributed by atoms with Crippen LogP contribution in [0.5, 0.6) is 0 Å². The number of para-hydroxylation sites is 1. The molecule has 0 radical (unpaired) electrons. The summed E-state index contributed by atoms with van der Waals surface area (Å²) in [5, 5.41) is 6.56. The minimum Gasteiger partial charge on any atom is -0.332 e. The number of urea groups is 1. The van der Waals surface area contributed by atoms with Crippen molar-refractivity contribution in [1.82, 2.24) is 5.32 Å².